The topological polar surface area (TPSA) is 61.9 Å². The molecule has 0 aromatic carbocycles. The molecule has 3 aromatic rings. The highest BCUT2D eigenvalue weighted by Gasteiger charge is 2.16. The summed E-state index contributed by atoms with van der Waals surface area (Å²) in [6.45, 7) is 3.53. The molecule has 0 saturated carbocycles. The van der Waals surface area contributed by atoms with E-state index in [9.17, 15) is 4.79 Å². The fourth-order valence-electron chi connectivity index (χ4n) is 4.16. The van der Waals surface area contributed by atoms with Crippen LogP contribution in [0.4, 0.5) is 0 Å². The molecular weight excluding hydrogens is 424 g/mol. The minimum atomic E-state index is -0.0417. The highest BCUT2D eigenvalue weighted by Crippen LogP contribution is 2.32. The number of pyridine rings is 1. The minimum Gasteiger partial charge on any atom is -0.310 e. The summed E-state index contributed by atoms with van der Waals surface area (Å²) in [4.78, 5) is 29.6. The van der Waals surface area contributed by atoms with Gasteiger partial charge in [0.1, 0.15) is 5.82 Å². The highest BCUT2D eigenvalue weighted by molar-refractivity contribution is 7.98. The number of likely N-dealkylation sites (tertiary alicyclic amines) is 1. The van der Waals surface area contributed by atoms with E-state index in [1.807, 2.05) is 35.2 Å². The second-order valence-corrected chi connectivity index (χ2v) is 9.93. The molecule has 0 atom stereocenters. The summed E-state index contributed by atoms with van der Waals surface area (Å²) in [6, 6.07) is 3.87. The third kappa shape index (κ3) is 6.05. The summed E-state index contributed by atoms with van der Waals surface area (Å²) in [6.07, 6.45) is 14.8. The molecule has 0 spiro atoms. The number of rotatable bonds is 9. The van der Waals surface area contributed by atoms with E-state index >= 15 is 0 Å². The largest absolute Gasteiger partial charge is 0.310 e. The van der Waals surface area contributed by atoms with E-state index in [-0.39, 0.29) is 5.56 Å². The SMILES string of the molecule is CSc1csc(CN2CCCCC2)c1CCCc1ncc(Cc2cccnc2)c(=O)[nH]1. The van der Waals surface area contributed by atoms with Gasteiger partial charge in [-0.25, -0.2) is 4.98 Å². The lowest BCUT2D eigenvalue weighted by molar-refractivity contribution is 0.222. The Morgan fingerprint density at radius 3 is 2.81 bits per heavy atom. The molecular formula is C24H30N4OS2. The predicted molar refractivity (Wildman–Crippen MR) is 129 cm³/mol. The molecule has 5 nitrogen and oxygen atoms in total. The molecule has 164 valence electrons. The Hall–Kier alpha value is -1.96. The van der Waals surface area contributed by atoms with Gasteiger partial charge in [0, 0.05) is 58.7 Å². The van der Waals surface area contributed by atoms with Crippen molar-refractivity contribution in [3.8, 4) is 0 Å². The van der Waals surface area contributed by atoms with Crippen molar-refractivity contribution in [1.82, 2.24) is 19.9 Å². The maximum atomic E-state index is 12.5. The minimum absolute atomic E-state index is 0.0417. The van der Waals surface area contributed by atoms with Crippen molar-refractivity contribution in [3.05, 3.63) is 73.8 Å². The second-order valence-electron chi connectivity index (χ2n) is 8.12. The van der Waals surface area contributed by atoms with Gasteiger partial charge in [-0.1, -0.05) is 12.5 Å². The molecule has 0 amide bonds. The lowest BCUT2D eigenvalue weighted by Gasteiger charge is -2.26. The van der Waals surface area contributed by atoms with Gasteiger partial charge in [0.25, 0.3) is 5.56 Å². The first-order chi connectivity index (χ1) is 15.2. The van der Waals surface area contributed by atoms with E-state index in [1.54, 1.807) is 18.6 Å². The van der Waals surface area contributed by atoms with Crippen molar-refractivity contribution in [3.63, 3.8) is 0 Å². The summed E-state index contributed by atoms with van der Waals surface area (Å²) in [5, 5.41) is 2.31. The third-order valence-electron chi connectivity index (χ3n) is 5.86. The molecule has 0 bridgehead atoms. The van der Waals surface area contributed by atoms with E-state index in [0.29, 0.717) is 12.0 Å². The number of thioether (sulfide) groups is 1. The maximum absolute atomic E-state index is 12.5. The zero-order valence-electron chi connectivity index (χ0n) is 18.1. The number of hydrogen-bond acceptors (Lipinski definition) is 6. The molecule has 1 aliphatic rings. The molecule has 0 unspecified atom stereocenters. The Morgan fingerprint density at radius 2 is 2.06 bits per heavy atom. The summed E-state index contributed by atoms with van der Waals surface area (Å²) >= 11 is 3.75. The van der Waals surface area contributed by atoms with Gasteiger partial charge in [0.05, 0.1) is 0 Å². The number of aromatic nitrogens is 3. The van der Waals surface area contributed by atoms with Gasteiger partial charge in [0.2, 0.25) is 0 Å². The fourth-order valence-corrected chi connectivity index (χ4v) is 6.23. The Balaban J connectivity index is 1.36. The van der Waals surface area contributed by atoms with E-state index in [4.69, 9.17) is 0 Å². The molecule has 1 aliphatic heterocycles. The van der Waals surface area contributed by atoms with Gasteiger partial charge >= 0.3 is 0 Å². The van der Waals surface area contributed by atoms with Gasteiger partial charge in [0.15, 0.2) is 0 Å². The molecule has 1 fully saturated rings. The maximum Gasteiger partial charge on any atom is 0.254 e. The number of nitrogens with zero attached hydrogens (tertiary/aromatic N) is 3. The van der Waals surface area contributed by atoms with Crippen molar-refractivity contribution >= 4 is 23.1 Å². The number of aryl methyl sites for hydroxylation is 1. The van der Waals surface area contributed by atoms with Crippen molar-refractivity contribution in [2.24, 2.45) is 0 Å². The lowest BCUT2D eigenvalue weighted by atomic mass is 10.1. The number of H-pyrrole nitrogens is 1. The van der Waals surface area contributed by atoms with E-state index < -0.39 is 0 Å². The summed E-state index contributed by atoms with van der Waals surface area (Å²) in [5.41, 5.74) is 3.16. The molecule has 1 N–H and O–H groups in total. The van der Waals surface area contributed by atoms with E-state index in [2.05, 4.69) is 31.5 Å². The Bertz CT molecular complexity index is 1030. The van der Waals surface area contributed by atoms with Gasteiger partial charge in [-0.05, 0) is 62.2 Å². The zero-order valence-corrected chi connectivity index (χ0v) is 19.7. The van der Waals surface area contributed by atoms with Crippen LogP contribution in [0.2, 0.25) is 0 Å². The molecule has 7 heteroatoms. The summed E-state index contributed by atoms with van der Waals surface area (Å²) in [7, 11) is 0. The van der Waals surface area contributed by atoms with Gasteiger partial charge in [-0.15, -0.1) is 23.1 Å². The monoisotopic (exact) mass is 454 g/mol. The van der Waals surface area contributed by atoms with Crippen molar-refractivity contribution in [2.45, 2.75) is 56.4 Å². The summed E-state index contributed by atoms with van der Waals surface area (Å²) in [5.74, 6) is 0.776. The molecule has 0 radical (unpaired) electrons. The number of piperidine rings is 1. The van der Waals surface area contributed by atoms with Crippen LogP contribution < -0.4 is 5.56 Å². The molecule has 0 aliphatic carbocycles. The smallest absolute Gasteiger partial charge is 0.254 e. The fraction of sp³-hybridized carbons (Fsp3) is 0.458. The van der Waals surface area contributed by atoms with Crippen LogP contribution in [0.5, 0.6) is 0 Å². The average Bonchev–Trinajstić information content (AvgIpc) is 3.18. The average molecular weight is 455 g/mol. The lowest BCUT2D eigenvalue weighted by Crippen LogP contribution is -2.29. The van der Waals surface area contributed by atoms with Crippen LogP contribution in [0, 0.1) is 0 Å². The first kappa shape index (κ1) is 22.2. The standard InChI is InChI=1S/C24H30N4OS2/c1-30-22-17-31-21(16-28-11-3-2-4-12-28)20(22)8-5-9-23-26-15-19(24(29)27-23)13-18-7-6-10-25-14-18/h6-7,10,14-15,17H,2-5,8-9,11-13,16H2,1H3,(H,26,27,29). The van der Waals surface area contributed by atoms with Crippen molar-refractivity contribution < 1.29 is 0 Å². The van der Waals surface area contributed by atoms with E-state index in [1.165, 1.54) is 47.7 Å². The van der Waals surface area contributed by atoms with Crippen LogP contribution in [0.15, 0.2) is 45.8 Å². The Kier molecular flexibility index (Phi) is 7.94. The van der Waals surface area contributed by atoms with Crippen LogP contribution in [-0.4, -0.2) is 39.2 Å². The number of aromatic amines is 1. The third-order valence-corrected chi connectivity index (χ3v) is 7.83. The molecule has 4 heterocycles. The number of hydrogen-bond donors (Lipinski definition) is 1. The Labute approximate surface area is 192 Å². The molecule has 31 heavy (non-hydrogen) atoms. The van der Waals surface area contributed by atoms with Gasteiger partial charge in [-0.3, -0.25) is 14.7 Å². The van der Waals surface area contributed by atoms with Gasteiger partial charge in [-0.2, -0.15) is 0 Å². The summed E-state index contributed by atoms with van der Waals surface area (Å²) < 4.78 is 0. The van der Waals surface area contributed by atoms with Crippen LogP contribution in [-0.2, 0) is 25.8 Å². The Morgan fingerprint density at radius 1 is 1.19 bits per heavy atom. The van der Waals surface area contributed by atoms with Crippen molar-refractivity contribution in [1.29, 1.82) is 0 Å². The molecule has 4 rings (SSSR count). The zero-order chi connectivity index (χ0) is 21.5. The predicted octanol–water partition coefficient (Wildman–Crippen LogP) is 4.70. The normalized spacial score (nSPS) is 14.7. The highest BCUT2D eigenvalue weighted by atomic mass is 32.2. The van der Waals surface area contributed by atoms with Crippen LogP contribution in [0.1, 0.15) is 53.1 Å². The first-order valence-corrected chi connectivity index (χ1v) is 13.1. The first-order valence-electron chi connectivity index (χ1n) is 11.0. The van der Waals surface area contributed by atoms with Crippen molar-refractivity contribution in [2.75, 3.05) is 19.3 Å². The molecule has 3 aromatic heterocycles. The van der Waals surface area contributed by atoms with Crippen LogP contribution >= 0.6 is 23.1 Å². The van der Waals surface area contributed by atoms with E-state index in [0.717, 1.165) is 37.2 Å². The molecule has 1 saturated heterocycles. The second kappa shape index (κ2) is 11.1. The quantitative estimate of drug-likeness (QED) is 0.475. The number of thiophene rings is 1. The number of nitrogens with one attached hydrogen (secondary N) is 1. The van der Waals surface area contributed by atoms with Crippen LogP contribution in [0.25, 0.3) is 0 Å². The van der Waals surface area contributed by atoms with Crippen LogP contribution in [0.3, 0.4) is 0 Å². The van der Waals surface area contributed by atoms with Gasteiger partial charge < -0.3 is 4.98 Å².